The van der Waals surface area contributed by atoms with Gasteiger partial charge in [0.1, 0.15) is 6.29 Å². The zero-order chi connectivity index (χ0) is 14.5. The molecule has 0 aliphatic rings. The van der Waals surface area contributed by atoms with E-state index in [1.165, 1.54) is 7.11 Å². The first-order chi connectivity index (χ1) is 9.63. The Hall–Kier alpha value is -2.37. The van der Waals surface area contributed by atoms with Gasteiger partial charge >= 0.3 is 0 Å². The van der Waals surface area contributed by atoms with Gasteiger partial charge in [0.05, 0.1) is 7.11 Å². The average Bonchev–Trinajstić information content (AvgIpc) is 2.94. The van der Waals surface area contributed by atoms with Crippen LogP contribution in [-0.2, 0) is 6.61 Å². The van der Waals surface area contributed by atoms with Crippen LogP contribution in [0.2, 0.25) is 0 Å². The summed E-state index contributed by atoms with van der Waals surface area (Å²) in [4.78, 5) is 14.9. The van der Waals surface area contributed by atoms with E-state index in [0.29, 0.717) is 28.8 Å². The van der Waals surface area contributed by atoms with Gasteiger partial charge in [0.25, 0.3) is 0 Å². The Morgan fingerprint density at radius 2 is 2.15 bits per heavy atom. The molecule has 0 aliphatic carbocycles. The van der Waals surface area contributed by atoms with Gasteiger partial charge in [0.15, 0.2) is 18.1 Å². The summed E-state index contributed by atoms with van der Waals surface area (Å²) in [5.74, 6) is 2.23. The molecular weight excluding hydrogens is 260 g/mol. The third kappa shape index (κ3) is 3.14. The van der Waals surface area contributed by atoms with Crippen molar-refractivity contribution in [2.75, 3.05) is 7.11 Å². The Morgan fingerprint density at radius 3 is 2.75 bits per heavy atom. The second-order valence-electron chi connectivity index (χ2n) is 4.52. The van der Waals surface area contributed by atoms with Crippen LogP contribution in [0.5, 0.6) is 11.5 Å². The van der Waals surface area contributed by atoms with E-state index >= 15 is 0 Å². The molecule has 0 fully saturated rings. The molecule has 0 saturated heterocycles. The Balaban J connectivity index is 2.07. The van der Waals surface area contributed by atoms with Gasteiger partial charge in [-0.2, -0.15) is 4.98 Å². The first-order valence-electron chi connectivity index (χ1n) is 6.22. The fourth-order valence-corrected chi connectivity index (χ4v) is 1.58. The first-order valence-corrected chi connectivity index (χ1v) is 6.22. The lowest BCUT2D eigenvalue weighted by Crippen LogP contribution is -2.00. The van der Waals surface area contributed by atoms with Crippen LogP contribution in [0, 0.1) is 0 Å². The van der Waals surface area contributed by atoms with Gasteiger partial charge in [0.2, 0.25) is 11.7 Å². The standard InChI is InChI=1S/C14H16N2O4/c1-9(2)14-15-13(16-20-14)8-19-11-5-4-10(7-17)6-12(11)18-3/h4-7,9H,8H2,1-3H3. The van der Waals surface area contributed by atoms with E-state index in [2.05, 4.69) is 10.1 Å². The van der Waals surface area contributed by atoms with Crippen molar-refractivity contribution in [1.29, 1.82) is 0 Å². The molecule has 2 rings (SSSR count). The van der Waals surface area contributed by atoms with Crippen molar-refractivity contribution >= 4 is 6.29 Å². The predicted molar refractivity (Wildman–Crippen MR) is 71.1 cm³/mol. The summed E-state index contributed by atoms with van der Waals surface area (Å²) in [5.41, 5.74) is 0.524. The molecule has 1 heterocycles. The maximum atomic E-state index is 10.7. The molecule has 106 valence electrons. The van der Waals surface area contributed by atoms with Crippen molar-refractivity contribution in [1.82, 2.24) is 10.1 Å². The highest BCUT2D eigenvalue weighted by molar-refractivity contribution is 5.76. The van der Waals surface area contributed by atoms with E-state index in [4.69, 9.17) is 14.0 Å². The first kappa shape index (κ1) is 14.0. The minimum atomic E-state index is 0.174. The molecule has 0 amide bonds. The molecule has 0 unspecified atom stereocenters. The molecule has 0 N–H and O–H groups in total. The Kier molecular flexibility index (Phi) is 4.34. The van der Waals surface area contributed by atoms with Gasteiger partial charge in [0, 0.05) is 11.5 Å². The molecule has 2 aromatic rings. The molecule has 6 heteroatoms. The van der Waals surface area contributed by atoms with Crippen LogP contribution in [0.4, 0.5) is 0 Å². The van der Waals surface area contributed by atoms with Crippen LogP contribution in [0.15, 0.2) is 22.7 Å². The molecular formula is C14H16N2O4. The van der Waals surface area contributed by atoms with Gasteiger partial charge in [-0.1, -0.05) is 19.0 Å². The fourth-order valence-electron chi connectivity index (χ4n) is 1.58. The van der Waals surface area contributed by atoms with Crippen molar-refractivity contribution in [3.63, 3.8) is 0 Å². The molecule has 20 heavy (non-hydrogen) atoms. The molecule has 0 aliphatic heterocycles. The number of benzene rings is 1. The van der Waals surface area contributed by atoms with Crippen LogP contribution >= 0.6 is 0 Å². The van der Waals surface area contributed by atoms with E-state index in [0.717, 1.165) is 6.29 Å². The molecule has 6 nitrogen and oxygen atoms in total. The topological polar surface area (TPSA) is 74.5 Å². The average molecular weight is 276 g/mol. The largest absolute Gasteiger partial charge is 0.493 e. The van der Waals surface area contributed by atoms with Crippen molar-refractivity contribution in [3.05, 3.63) is 35.5 Å². The maximum absolute atomic E-state index is 10.7. The lowest BCUT2D eigenvalue weighted by molar-refractivity contribution is 0.112. The molecule has 0 saturated carbocycles. The molecule has 1 aromatic carbocycles. The smallest absolute Gasteiger partial charge is 0.229 e. The molecule has 0 spiro atoms. The zero-order valence-electron chi connectivity index (χ0n) is 11.6. The lowest BCUT2D eigenvalue weighted by Gasteiger charge is -2.09. The highest BCUT2D eigenvalue weighted by Crippen LogP contribution is 2.28. The van der Waals surface area contributed by atoms with Crippen LogP contribution in [0.3, 0.4) is 0 Å². The Labute approximate surface area is 116 Å². The number of aldehydes is 1. The summed E-state index contributed by atoms with van der Waals surface area (Å²) in [6.07, 6.45) is 0.750. The Bertz CT molecular complexity index is 593. The van der Waals surface area contributed by atoms with Crippen molar-refractivity contribution in [2.24, 2.45) is 0 Å². The lowest BCUT2D eigenvalue weighted by atomic mass is 10.2. The minimum Gasteiger partial charge on any atom is -0.493 e. The van der Waals surface area contributed by atoms with E-state index in [1.54, 1.807) is 18.2 Å². The Morgan fingerprint density at radius 1 is 1.35 bits per heavy atom. The summed E-state index contributed by atoms with van der Waals surface area (Å²) in [6.45, 7) is 4.12. The van der Waals surface area contributed by atoms with Crippen molar-refractivity contribution in [3.8, 4) is 11.5 Å². The third-order valence-electron chi connectivity index (χ3n) is 2.66. The van der Waals surface area contributed by atoms with Gasteiger partial charge in [-0.15, -0.1) is 0 Å². The summed E-state index contributed by atoms with van der Waals surface area (Å²) in [7, 11) is 1.52. The number of aromatic nitrogens is 2. The number of carbonyl (C=O) groups excluding carboxylic acids is 1. The number of ether oxygens (including phenoxy) is 2. The quantitative estimate of drug-likeness (QED) is 0.755. The van der Waals surface area contributed by atoms with Gasteiger partial charge in [-0.05, 0) is 18.2 Å². The third-order valence-corrected chi connectivity index (χ3v) is 2.66. The molecule has 1 aromatic heterocycles. The second kappa shape index (κ2) is 6.18. The summed E-state index contributed by atoms with van der Waals surface area (Å²) in [5, 5.41) is 3.83. The molecule has 0 bridgehead atoms. The van der Waals surface area contributed by atoms with Crippen LogP contribution < -0.4 is 9.47 Å². The normalized spacial score (nSPS) is 10.6. The number of hydrogen-bond donors (Lipinski definition) is 0. The predicted octanol–water partition coefficient (Wildman–Crippen LogP) is 2.59. The number of methoxy groups -OCH3 is 1. The summed E-state index contributed by atoms with van der Waals surface area (Å²) >= 11 is 0. The maximum Gasteiger partial charge on any atom is 0.229 e. The highest BCUT2D eigenvalue weighted by Gasteiger charge is 2.11. The molecule has 0 atom stereocenters. The minimum absolute atomic E-state index is 0.174. The number of nitrogens with zero attached hydrogens (tertiary/aromatic N) is 2. The monoisotopic (exact) mass is 276 g/mol. The number of rotatable bonds is 6. The van der Waals surface area contributed by atoms with E-state index < -0.39 is 0 Å². The van der Waals surface area contributed by atoms with E-state index in [1.807, 2.05) is 13.8 Å². The van der Waals surface area contributed by atoms with Crippen LogP contribution in [0.25, 0.3) is 0 Å². The fraction of sp³-hybridized carbons (Fsp3) is 0.357. The molecule has 0 radical (unpaired) electrons. The zero-order valence-corrected chi connectivity index (χ0v) is 11.6. The second-order valence-corrected chi connectivity index (χ2v) is 4.52. The number of hydrogen-bond acceptors (Lipinski definition) is 6. The summed E-state index contributed by atoms with van der Waals surface area (Å²) < 4.78 is 15.8. The van der Waals surface area contributed by atoms with Crippen molar-refractivity contribution < 1.29 is 18.8 Å². The van der Waals surface area contributed by atoms with Gasteiger partial charge in [-0.3, -0.25) is 4.79 Å². The highest BCUT2D eigenvalue weighted by atomic mass is 16.5. The van der Waals surface area contributed by atoms with Crippen LogP contribution in [0.1, 0.15) is 41.8 Å². The van der Waals surface area contributed by atoms with Gasteiger partial charge in [-0.25, -0.2) is 0 Å². The van der Waals surface area contributed by atoms with Crippen molar-refractivity contribution in [2.45, 2.75) is 26.4 Å². The van der Waals surface area contributed by atoms with E-state index in [-0.39, 0.29) is 12.5 Å². The SMILES string of the molecule is COc1cc(C=O)ccc1OCc1noc(C(C)C)n1. The van der Waals surface area contributed by atoms with Crippen LogP contribution in [-0.4, -0.2) is 23.5 Å². The number of carbonyl (C=O) groups is 1. The van der Waals surface area contributed by atoms with Gasteiger partial charge < -0.3 is 14.0 Å². The summed E-state index contributed by atoms with van der Waals surface area (Å²) in [6, 6.07) is 4.94. The van der Waals surface area contributed by atoms with E-state index in [9.17, 15) is 4.79 Å².